The second kappa shape index (κ2) is 12.3. The number of carboxylic acid groups (broad SMARTS) is 1. The quantitative estimate of drug-likeness (QED) is 0.129. The van der Waals surface area contributed by atoms with Gasteiger partial charge in [-0.3, -0.25) is 0 Å². The summed E-state index contributed by atoms with van der Waals surface area (Å²) in [6.45, 7) is 2.67. The number of hydrogen-bond acceptors (Lipinski definition) is 5. The van der Waals surface area contributed by atoms with E-state index in [9.17, 15) is 14.7 Å². The predicted molar refractivity (Wildman–Crippen MR) is 153 cm³/mol. The molecule has 1 N–H and O–H groups in total. The number of aromatic carboxylic acids is 1. The Morgan fingerprint density at radius 3 is 2.67 bits per heavy atom. The van der Waals surface area contributed by atoms with Crippen LogP contribution in [0.5, 0.6) is 5.75 Å². The van der Waals surface area contributed by atoms with E-state index in [0.29, 0.717) is 24.3 Å². The smallest absolute Gasteiger partial charge is 0.339 e. The number of fused-ring (bicyclic) bond motifs is 1. The van der Waals surface area contributed by atoms with Gasteiger partial charge in [0, 0.05) is 29.8 Å². The number of rotatable bonds is 11. The lowest BCUT2D eigenvalue weighted by Gasteiger charge is -2.13. The Morgan fingerprint density at radius 2 is 1.92 bits per heavy atom. The normalized spacial score (nSPS) is 12.9. The van der Waals surface area contributed by atoms with E-state index in [-0.39, 0.29) is 11.5 Å². The molecule has 39 heavy (non-hydrogen) atoms. The summed E-state index contributed by atoms with van der Waals surface area (Å²) < 4.78 is 8.01. The Morgan fingerprint density at radius 1 is 1.10 bits per heavy atom. The van der Waals surface area contributed by atoms with Crippen molar-refractivity contribution in [1.82, 2.24) is 9.55 Å². The number of carboxylic acids is 1. The molecule has 0 unspecified atom stereocenters. The van der Waals surface area contributed by atoms with Gasteiger partial charge in [-0.2, -0.15) is 0 Å². The van der Waals surface area contributed by atoms with Crippen molar-refractivity contribution in [3.63, 3.8) is 0 Å². The van der Waals surface area contributed by atoms with E-state index >= 15 is 0 Å². The molecule has 0 aliphatic heterocycles. The highest BCUT2D eigenvalue weighted by Crippen LogP contribution is 2.27. The highest BCUT2D eigenvalue weighted by molar-refractivity contribution is 7.09. The number of esters is 1. The van der Waals surface area contributed by atoms with Crippen molar-refractivity contribution in [2.45, 2.75) is 58.4 Å². The molecule has 0 spiro atoms. The van der Waals surface area contributed by atoms with Crippen LogP contribution in [-0.2, 0) is 37.0 Å². The van der Waals surface area contributed by atoms with E-state index in [1.54, 1.807) is 23.5 Å². The van der Waals surface area contributed by atoms with Crippen LogP contribution in [0, 0.1) is 0 Å². The lowest BCUT2D eigenvalue weighted by Crippen LogP contribution is -2.14. The first kappa shape index (κ1) is 26.6. The highest BCUT2D eigenvalue weighted by Gasteiger charge is 2.19. The fourth-order valence-electron chi connectivity index (χ4n) is 4.94. The minimum atomic E-state index is -0.948. The summed E-state index contributed by atoms with van der Waals surface area (Å²) in [5, 5.41) is 11.3. The summed E-state index contributed by atoms with van der Waals surface area (Å²) in [5.74, 6) is 0.202. The number of nitrogens with zero attached hydrogens (tertiary/aromatic N) is 2. The molecule has 0 amide bonds. The standard InChI is InChI=1S/C32H32N2O4S/c1-2-3-9-30-33-20-27(34(30)21-22-10-12-24(13-11-22)31(35)36)17-26(19-29-8-5-16-39-29)32(37)38-28-15-14-23-6-4-7-25(23)18-28/h5,8,10-18,20H,2-4,6-7,9,19,21H2,1H3,(H,35,36)/b26-17+. The summed E-state index contributed by atoms with van der Waals surface area (Å²) in [6, 6.07) is 16.9. The molecule has 5 rings (SSSR count). The number of unbranched alkanes of at least 4 members (excludes halogenated alkanes) is 1. The molecule has 200 valence electrons. The van der Waals surface area contributed by atoms with Crippen LogP contribution in [-0.4, -0.2) is 26.6 Å². The van der Waals surface area contributed by atoms with E-state index in [4.69, 9.17) is 9.72 Å². The highest BCUT2D eigenvalue weighted by atomic mass is 32.1. The topological polar surface area (TPSA) is 81.4 Å². The zero-order chi connectivity index (χ0) is 27.2. The van der Waals surface area contributed by atoms with Crippen molar-refractivity contribution in [2.24, 2.45) is 0 Å². The first-order valence-electron chi connectivity index (χ1n) is 13.4. The van der Waals surface area contributed by atoms with Gasteiger partial charge in [0.1, 0.15) is 11.6 Å². The first-order valence-corrected chi connectivity index (χ1v) is 14.3. The van der Waals surface area contributed by atoms with Gasteiger partial charge in [-0.25, -0.2) is 14.6 Å². The van der Waals surface area contributed by atoms with E-state index in [0.717, 1.165) is 60.5 Å². The second-order valence-corrected chi connectivity index (χ2v) is 10.9. The van der Waals surface area contributed by atoms with Crippen LogP contribution in [0.15, 0.2) is 71.7 Å². The van der Waals surface area contributed by atoms with Crippen LogP contribution in [0.2, 0.25) is 0 Å². The van der Waals surface area contributed by atoms with Crippen molar-refractivity contribution in [1.29, 1.82) is 0 Å². The predicted octanol–water partition coefficient (Wildman–Crippen LogP) is 6.75. The summed E-state index contributed by atoms with van der Waals surface area (Å²) in [6.07, 6.45) is 10.3. The van der Waals surface area contributed by atoms with E-state index in [1.807, 2.05) is 54.1 Å². The van der Waals surface area contributed by atoms with Gasteiger partial charge >= 0.3 is 11.9 Å². The average molecular weight is 541 g/mol. The molecule has 2 aromatic heterocycles. The van der Waals surface area contributed by atoms with Crippen LogP contribution in [0.1, 0.15) is 69.6 Å². The minimum Gasteiger partial charge on any atom is -0.478 e. The van der Waals surface area contributed by atoms with Crippen molar-refractivity contribution in [3.8, 4) is 5.75 Å². The van der Waals surface area contributed by atoms with E-state index in [2.05, 4.69) is 17.6 Å². The third-order valence-corrected chi connectivity index (χ3v) is 7.95. The van der Waals surface area contributed by atoms with Gasteiger partial charge < -0.3 is 14.4 Å². The number of carbonyl (C=O) groups excluding carboxylic acids is 1. The lowest BCUT2D eigenvalue weighted by molar-refractivity contribution is -0.130. The molecule has 0 saturated carbocycles. The maximum Gasteiger partial charge on any atom is 0.339 e. The summed E-state index contributed by atoms with van der Waals surface area (Å²) >= 11 is 1.61. The monoisotopic (exact) mass is 540 g/mol. The van der Waals surface area contributed by atoms with Gasteiger partial charge in [0.25, 0.3) is 0 Å². The summed E-state index contributed by atoms with van der Waals surface area (Å²) in [7, 11) is 0. The maximum atomic E-state index is 13.5. The third-order valence-electron chi connectivity index (χ3n) is 7.07. The Bertz CT molecular complexity index is 1480. The zero-order valence-electron chi connectivity index (χ0n) is 22.1. The molecule has 2 aromatic carbocycles. The Balaban J connectivity index is 1.47. The molecule has 0 saturated heterocycles. The number of imidazole rings is 1. The van der Waals surface area contributed by atoms with Gasteiger partial charge in [-0.1, -0.05) is 37.6 Å². The van der Waals surface area contributed by atoms with Gasteiger partial charge in [0.2, 0.25) is 0 Å². The van der Waals surface area contributed by atoms with Crippen LogP contribution >= 0.6 is 11.3 Å². The van der Waals surface area contributed by atoms with Gasteiger partial charge in [0.15, 0.2) is 0 Å². The molecule has 0 bridgehead atoms. The number of thiophene rings is 1. The van der Waals surface area contributed by atoms with Crippen LogP contribution in [0.3, 0.4) is 0 Å². The first-order chi connectivity index (χ1) is 19.0. The van der Waals surface area contributed by atoms with Crippen LogP contribution in [0.25, 0.3) is 6.08 Å². The largest absolute Gasteiger partial charge is 0.478 e. The van der Waals surface area contributed by atoms with Crippen LogP contribution < -0.4 is 4.74 Å². The molecule has 7 heteroatoms. The SMILES string of the molecule is CCCCc1ncc(/C=C(\Cc2cccs2)C(=O)Oc2ccc3c(c2)CCC3)n1Cc1ccc(C(=O)O)cc1. The molecular formula is C32H32N2O4S. The van der Waals surface area contributed by atoms with Gasteiger partial charge in [-0.05, 0) is 84.2 Å². The molecule has 1 aliphatic carbocycles. The molecule has 0 atom stereocenters. The average Bonchev–Trinajstić information content (AvgIpc) is 3.70. The minimum absolute atomic E-state index is 0.253. The number of benzene rings is 2. The number of aromatic nitrogens is 2. The van der Waals surface area contributed by atoms with Crippen molar-refractivity contribution in [2.75, 3.05) is 0 Å². The maximum absolute atomic E-state index is 13.5. The summed E-state index contributed by atoms with van der Waals surface area (Å²) in [4.78, 5) is 30.6. The molecule has 4 aromatic rings. The van der Waals surface area contributed by atoms with Crippen molar-refractivity contribution in [3.05, 3.63) is 110 Å². The number of carbonyl (C=O) groups is 2. The molecule has 0 radical (unpaired) electrons. The van der Waals surface area contributed by atoms with E-state index < -0.39 is 5.97 Å². The molecule has 1 aliphatic rings. The van der Waals surface area contributed by atoms with Gasteiger partial charge in [0.05, 0.1) is 17.5 Å². The second-order valence-electron chi connectivity index (χ2n) is 9.89. The summed E-state index contributed by atoms with van der Waals surface area (Å²) in [5.41, 5.74) is 5.19. The van der Waals surface area contributed by atoms with Crippen LogP contribution in [0.4, 0.5) is 0 Å². The zero-order valence-corrected chi connectivity index (χ0v) is 22.9. The molecule has 6 nitrogen and oxygen atoms in total. The Hall–Kier alpha value is -3.97. The number of ether oxygens (including phenoxy) is 1. The fraction of sp³-hybridized carbons (Fsp3) is 0.281. The Labute approximate surface area is 232 Å². The van der Waals surface area contributed by atoms with Gasteiger partial charge in [-0.15, -0.1) is 11.3 Å². The lowest BCUT2D eigenvalue weighted by atomic mass is 10.1. The Kier molecular flexibility index (Phi) is 8.37. The van der Waals surface area contributed by atoms with Crippen molar-refractivity contribution >= 4 is 29.4 Å². The third kappa shape index (κ3) is 6.55. The van der Waals surface area contributed by atoms with Crippen molar-refractivity contribution < 1.29 is 19.4 Å². The molecule has 2 heterocycles. The molecular weight excluding hydrogens is 508 g/mol. The van der Waals surface area contributed by atoms with E-state index in [1.165, 1.54) is 11.1 Å². The fourth-order valence-corrected chi connectivity index (χ4v) is 5.67. The molecule has 0 fully saturated rings. The number of hydrogen-bond donors (Lipinski definition) is 1. The number of aryl methyl sites for hydroxylation is 3.